The van der Waals surface area contributed by atoms with E-state index in [1.807, 2.05) is 18.2 Å². The van der Waals surface area contributed by atoms with E-state index in [2.05, 4.69) is 22.1 Å². The minimum atomic E-state index is 0.00209. The fraction of sp³-hybridized carbons (Fsp3) is 0.421. The van der Waals surface area contributed by atoms with Gasteiger partial charge in [0.1, 0.15) is 11.8 Å². The van der Waals surface area contributed by atoms with E-state index in [1.54, 1.807) is 13.2 Å². The zero-order valence-electron chi connectivity index (χ0n) is 13.3. The molecule has 3 fully saturated rings. The van der Waals surface area contributed by atoms with Crippen LogP contribution in [0.15, 0.2) is 28.9 Å². The molecule has 1 N–H and O–H groups in total. The molecule has 1 atom stereocenters. The Morgan fingerprint density at radius 1 is 1.35 bits per heavy atom. The zero-order chi connectivity index (χ0) is 15.8. The Kier molecular flexibility index (Phi) is 3.59. The van der Waals surface area contributed by atoms with Crippen LogP contribution in [0.2, 0.25) is 0 Å². The van der Waals surface area contributed by atoms with Gasteiger partial charge in [-0.25, -0.2) is 0 Å². The molecule has 118 valence electrons. The normalized spacial score (nSPS) is 25.9. The summed E-state index contributed by atoms with van der Waals surface area (Å²) >= 11 is 0. The number of rotatable bonds is 2. The summed E-state index contributed by atoms with van der Waals surface area (Å²) in [5, 5.41) is 4.13. The number of hydrogen-bond donors (Lipinski definition) is 1. The van der Waals surface area contributed by atoms with Crippen LogP contribution in [-0.4, -0.2) is 36.5 Å². The SMILES string of the molecule is CC#Cc1coc2ccc(C(=O)N[C@H]3CN4CCC3CC4)cc12. The first-order valence-electron chi connectivity index (χ1n) is 8.22. The summed E-state index contributed by atoms with van der Waals surface area (Å²) in [5.74, 6) is 6.53. The predicted molar refractivity (Wildman–Crippen MR) is 89.2 cm³/mol. The third-order valence-corrected chi connectivity index (χ3v) is 5.07. The third-order valence-electron chi connectivity index (χ3n) is 5.07. The van der Waals surface area contributed by atoms with Gasteiger partial charge in [0.25, 0.3) is 5.91 Å². The number of nitrogens with zero attached hydrogens (tertiary/aromatic N) is 1. The van der Waals surface area contributed by atoms with Gasteiger partial charge in [-0.15, -0.1) is 5.92 Å². The number of hydrogen-bond acceptors (Lipinski definition) is 3. The van der Waals surface area contributed by atoms with E-state index in [0.717, 1.165) is 23.1 Å². The van der Waals surface area contributed by atoms with Gasteiger partial charge < -0.3 is 14.6 Å². The van der Waals surface area contributed by atoms with Crippen molar-refractivity contribution in [3.05, 3.63) is 35.6 Å². The van der Waals surface area contributed by atoms with Crippen LogP contribution < -0.4 is 5.32 Å². The van der Waals surface area contributed by atoms with E-state index < -0.39 is 0 Å². The summed E-state index contributed by atoms with van der Waals surface area (Å²) in [6, 6.07) is 5.84. The highest BCUT2D eigenvalue weighted by Crippen LogP contribution is 2.28. The molecule has 3 aliphatic rings. The number of carbonyl (C=O) groups excluding carboxylic acids is 1. The summed E-state index contributed by atoms with van der Waals surface area (Å²) in [6.45, 7) is 5.13. The fourth-order valence-corrected chi connectivity index (χ4v) is 3.78. The Morgan fingerprint density at radius 2 is 2.17 bits per heavy atom. The predicted octanol–water partition coefficient (Wildman–Crippen LogP) is 2.63. The first-order valence-corrected chi connectivity index (χ1v) is 8.22. The van der Waals surface area contributed by atoms with Gasteiger partial charge in [-0.3, -0.25) is 4.79 Å². The van der Waals surface area contributed by atoms with E-state index >= 15 is 0 Å². The summed E-state index contributed by atoms with van der Waals surface area (Å²) in [4.78, 5) is 15.1. The van der Waals surface area contributed by atoms with Crippen molar-refractivity contribution < 1.29 is 9.21 Å². The number of piperidine rings is 3. The molecule has 0 aliphatic carbocycles. The van der Waals surface area contributed by atoms with Crippen molar-refractivity contribution >= 4 is 16.9 Å². The molecular formula is C19H20N2O2. The molecule has 0 saturated carbocycles. The number of furan rings is 1. The van der Waals surface area contributed by atoms with Gasteiger partial charge in [0.15, 0.2) is 0 Å². The van der Waals surface area contributed by atoms with Gasteiger partial charge in [-0.2, -0.15) is 0 Å². The molecule has 1 aromatic carbocycles. The van der Waals surface area contributed by atoms with E-state index in [9.17, 15) is 4.79 Å². The Morgan fingerprint density at radius 3 is 2.87 bits per heavy atom. The van der Waals surface area contributed by atoms with Crippen LogP contribution in [0.3, 0.4) is 0 Å². The van der Waals surface area contributed by atoms with Crippen LogP contribution in [0.5, 0.6) is 0 Å². The van der Waals surface area contributed by atoms with Crippen molar-refractivity contribution in [2.75, 3.05) is 19.6 Å². The lowest BCUT2D eigenvalue weighted by molar-refractivity contribution is 0.0620. The number of fused-ring (bicyclic) bond motifs is 4. The first-order chi connectivity index (χ1) is 11.2. The molecule has 3 aliphatic heterocycles. The maximum atomic E-state index is 12.6. The average molecular weight is 308 g/mol. The second-order valence-electron chi connectivity index (χ2n) is 6.45. The molecule has 1 amide bonds. The van der Waals surface area contributed by atoms with Gasteiger partial charge in [0.05, 0.1) is 5.56 Å². The van der Waals surface area contributed by atoms with Gasteiger partial charge in [0, 0.05) is 23.5 Å². The Balaban J connectivity index is 1.57. The van der Waals surface area contributed by atoms with E-state index in [0.29, 0.717) is 11.5 Å². The zero-order valence-corrected chi connectivity index (χ0v) is 13.3. The van der Waals surface area contributed by atoms with E-state index in [4.69, 9.17) is 4.42 Å². The molecule has 0 spiro atoms. The molecule has 0 unspecified atom stereocenters. The smallest absolute Gasteiger partial charge is 0.251 e. The lowest BCUT2D eigenvalue weighted by Gasteiger charge is -2.44. The lowest BCUT2D eigenvalue weighted by atomic mass is 9.84. The monoisotopic (exact) mass is 308 g/mol. The second-order valence-corrected chi connectivity index (χ2v) is 6.45. The average Bonchev–Trinajstić information content (AvgIpc) is 2.99. The van der Waals surface area contributed by atoms with E-state index in [-0.39, 0.29) is 11.9 Å². The molecule has 4 heteroatoms. The molecule has 23 heavy (non-hydrogen) atoms. The summed E-state index contributed by atoms with van der Waals surface area (Å²) in [5.41, 5.74) is 2.27. The van der Waals surface area contributed by atoms with Gasteiger partial charge in [0.2, 0.25) is 0 Å². The largest absolute Gasteiger partial charge is 0.463 e. The molecule has 3 saturated heterocycles. The van der Waals surface area contributed by atoms with Crippen molar-refractivity contribution in [1.82, 2.24) is 10.2 Å². The van der Waals surface area contributed by atoms with Crippen molar-refractivity contribution in [3.63, 3.8) is 0 Å². The summed E-state index contributed by atoms with van der Waals surface area (Å²) in [7, 11) is 0. The molecule has 0 radical (unpaired) electrons. The van der Waals surface area contributed by atoms with Crippen LogP contribution in [0, 0.1) is 17.8 Å². The second kappa shape index (κ2) is 5.75. The molecule has 5 rings (SSSR count). The van der Waals surface area contributed by atoms with Crippen LogP contribution in [0.25, 0.3) is 11.0 Å². The van der Waals surface area contributed by atoms with Crippen LogP contribution >= 0.6 is 0 Å². The topological polar surface area (TPSA) is 45.5 Å². The fourth-order valence-electron chi connectivity index (χ4n) is 3.78. The standard InChI is InChI=1S/C19H20N2O2/c1-2-3-15-12-23-18-5-4-14(10-16(15)18)19(22)20-17-11-21-8-6-13(17)7-9-21/h4-5,10,12-13,17H,6-9,11H2,1H3,(H,20,22)/t17-/m0/s1. The van der Waals surface area contributed by atoms with Crippen molar-refractivity contribution in [1.29, 1.82) is 0 Å². The number of benzene rings is 1. The van der Waals surface area contributed by atoms with Crippen LogP contribution in [0.1, 0.15) is 35.7 Å². The number of carbonyl (C=O) groups is 1. The maximum Gasteiger partial charge on any atom is 0.251 e. The van der Waals surface area contributed by atoms with Gasteiger partial charge >= 0.3 is 0 Å². The lowest BCUT2D eigenvalue weighted by Crippen LogP contribution is -2.57. The van der Waals surface area contributed by atoms with Gasteiger partial charge in [-0.1, -0.05) is 5.92 Å². The molecule has 4 nitrogen and oxygen atoms in total. The number of amides is 1. The summed E-state index contributed by atoms with van der Waals surface area (Å²) in [6.07, 6.45) is 4.04. The van der Waals surface area contributed by atoms with Crippen LogP contribution in [0.4, 0.5) is 0 Å². The maximum absolute atomic E-state index is 12.6. The minimum Gasteiger partial charge on any atom is -0.463 e. The molecule has 4 heterocycles. The Hall–Kier alpha value is -2.25. The molecule has 1 aromatic heterocycles. The van der Waals surface area contributed by atoms with Gasteiger partial charge in [-0.05, 0) is 57.0 Å². The van der Waals surface area contributed by atoms with Crippen molar-refractivity contribution in [3.8, 4) is 11.8 Å². The van der Waals surface area contributed by atoms with Crippen LogP contribution in [-0.2, 0) is 0 Å². The molecule has 2 aromatic rings. The first kappa shape index (κ1) is 14.3. The molecule has 2 bridgehead atoms. The Labute approximate surface area is 135 Å². The number of nitrogens with one attached hydrogen (secondary N) is 1. The van der Waals surface area contributed by atoms with Crippen molar-refractivity contribution in [2.24, 2.45) is 5.92 Å². The quantitative estimate of drug-likeness (QED) is 0.868. The molecular weight excluding hydrogens is 288 g/mol. The highest BCUT2D eigenvalue weighted by molar-refractivity contribution is 5.99. The Bertz CT molecular complexity index is 804. The highest BCUT2D eigenvalue weighted by Gasteiger charge is 2.34. The summed E-state index contributed by atoms with van der Waals surface area (Å²) < 4.78 is 5.49. The minimum absolute atomic E-state index is 0.00209. The highest BCUT2D eigenvalue weighted by atomic mass is 16.3. The van der Waals surface area contributed by atoms with E-state index in [1.165, 1.54) is 25.9 Å². The van der Waals surface area contributed by atoms with Crippen molar-refractivity contribution in [2.45, 2.75) is 25.8 Å². The third kappa shape index (κ3) is 2.62.